The summed E-state index contributed by atoms with van der Waals surface area (Å²) in [4.78, 5) is 27.7. The second kappa shape index (κ2) is 5.98. The van der Waals surface area contributed by atoms with E-state index in [0.717, 1.165) is 19.3 Å². The molecule has 3 atom stereocenters. The molecule has 2 amide bonds. The summed E-state index contributed by atoms with van der Waals surface area (Å²) in [6.07, 6.45) is 5.34. The van der Waals surface area contributed by atoms with Gasteiger partial charge in [-0.25, -0.2) is 0 Å². The molecule has 21 heavy (non-hydrogen) atoms. The standard InChI is InChI=1S/C17H30N2O2/c1-6-11(2)13-15(20)18-14(17(3,4)5)16(21)19(13)12-9-7-8-10-12/h11-14H,6-10H2,1-5H3,(H,18,20). The molecule has 1 saturated heterocycles. The van der Waals surface area contributed by atoms with E-state index < -0.39 is 6.04 Å². The molecule has 0 aromatic carbocycles. The fraction of sp³-hybridized carbons (Fsp3) is 0.882. The maximum absolute atomic E-state index is 13.0. The fourth-order valence-corrected chi connectivity index (χ4v) is 3.63. The van der Waals surface area contributed by atoms with Crippen LogP contribution in [0.4, 0.5) is 0 Å². The molecule has 1 N–H and O–H groups in total. The molecule has 2 fully saturated rings. The summed E-state index contributed by atoms with van der Waals surface area (Å²) >= 11 is 0. The van der Waals surface area contributed by atoms with Crippen molar-refractivity contribution in [2.45, 2.75) is 84.8 Å². The monoisotopic (exact) mass is 294 g/mol. The number of rotatable bonds is 3. The topological polar surface area (TPSA) is 49.4 Å². The van der Waals surface area contributed by atoms with E-state index in [1.165, 1.54) is 12.8 Å². The predicted molar refractivity (Wildman–Crippen MR) is 83.7 cm³/mol. The molecule has 4 nitrogen and oxygen atoms in total. The molecular formula is C17H30N2O2. The Morgan fingerprint density at radius 2 is 1.81 bits per heavy atom. The number of carbonyl (C=O) groups is 2. The number of nitrogens with zero attached hydrogens (tertiary/aromatic N) is 1. The average molecular weight is 294 g/mol. The molecular weight excluding hydrogens is 264 g/mol. The van der Waals surface area contributed by atoms with Gasteiger partial charge in [0.2, 0.25) is 11.8 Å². The third kappa shape index (κ3) is 3.09. The normalized spacial score (nSPS) is 29.7. The Labute approximate surface area is 128 Å². The van der Waals surface area contributed by atoms with E-state index in [2.05, 4.69) is 19.2 Å². The number of hydrogen-bond donors (Lipinski definition) is 1. The number of carbonyl (C=O) groups excluding carboxylic acids is 2. The molecule has 3 unspecified atom stereocenters. The molecule has 2 aliphatic rings. The molecule has 1 heterocycles. The molecule has 120 valence electrons. The Kier molecular flexibility index (Phi) is 4.64. The highest BCUT2D eigenvalue weighted by Crippen LogP contribution is 2.34. The van der Waals surface area contributed by atoms with Crippen molar-refractivity contribution in [3.05, 3.63) is 0 Å². The van der Waals surface area contributed by atoms with E-state index in [9.17, 15) is 9.59 Å². The van der Waals surface area contributed by atoms with Crippen LogP contribution in [0.1, 0.15) is 66.7 Å². The van der Waals surface area contributed by atoms with Crippen LogP contribution in [-0.2, 0) is 9.59 Å². The van der Waals surface area contributed by atoms with Gasteiger partial charge >= 0.3 is 0 Å². The van der Waals surface area contributed by atoms with Crippen LogP contribution in [0.5, 0.6) is 0 Å². The van der Waals surface area contributed by atoms with Gasteiger partial charge in [0.15, 0.2) is 0 Å². The minimum Gasteiger partial charge on any atom is -0.342 e. The van der Waals surface area contributed by atoms with E-state index in [1.54, 1.807) is 0 Å². The van der Waals surface area contributed by atoms with Crippen LogP contribution in [0.15, 0.2) is 0 Å². The van der Waals surface area contributed by atoms with Gasteiger partial charge < -0.3 is 10.2 Å². The van der Waals surface area contributed by atoms with E-state index in [-0.39, 0.29) is 35.2 Å². The molecule has 4 heteroatoms. The van der Waals surface area contributed by atoms with Crippen LogP contribution in [-0.4, -0.2) is 34.8 Å². The lowest BCUT2D eigenvalue weighted by atomic mass is 9.81. The summed E-state index contributed by atoms with van der Waals surface area (Å²) in [5, 5.41) is 2.99. The Hall–Kier alpha value is -1.06. The highest BCUT2D eigenvalue weighted by molar-refractivity contribution is 5.97. The van der Waals surface area contributed by atoms with Gasteiger partial charge in [0.05, 0.1) is 0 Å². The van der Waals surface area contributed by atoms with Gasteiger partial charge in [-0.05, 0) is 24.2 Å². The summed E-state index contributed by atoms with van der Waals surface area (Å²) in [5.41, 5.74) is -0.246. The Bertz CT molecular complexity index is 408. The van der Waals surface area contributed by atoms with Crippen molar-refractivity contribution in [1.29, 1.82) is 0 Å². The van der Waals surface area contributed by atoms with E-state index in [0.29, 0.717) is 0 Å². The minimum absolute atomic E-state index is 0.0378. The number of nitrogens with one attached hydrogen (secondary N) is 1. The van der Waals surface area contributed by atoms with Gasteiger partial charge in [0.1, 0.15) is 12.1 Å². The second-order valence-corrected chi connectivity index (χ2v) is 7.82. The zero-order valence-corrected chi connectivity index (χ0v) is 14.1. The number of piperazine rings is 1. The molecule has 0 bridgehead atoms. The first-order valence-corrected chi connectivity index (χ1v) is 8.40. The first kappa shape index (κ1) is 16.3. The lowest BCUT2D eigenvalue weighted by molar-refractivity contribution is -0.157. The number of hydrogen-bond acceptors (Lipinski definition) is 2. The van der Waals surface area contributed by atoms with Crippen LogP contribution in [0.3, 0.4) is 0 Å². The van der Waals surface area contributed by atoms with E-state index in [1.807, 2.05) is 25.7 Å². The van der Waals surface area contributed by atoms with Crippen molar-refractivity contribution < 1.29 is 9.59 Å². The molecule has 2 rings (SSSR count). The van der Waals surface area contributed by atoms with Crippen molar-refractivity contribution in [2.75, 3.05) is 0 Å². The molecule has 0 radical (unpaired) electrons. The lowest BCUT2D eigenvalue weighted by Crippen LogP contribution is -2.69. The van der Waals surface area contributed by atoms with Gasteiger partial charge in [-0.2, -0.15) is 0 Å². The number of amides is 2. The molecule has 1 aliphatic heterocycles. The maximum atomic E-state index is 13.0. The summed E-state index contributed by atoms with van der Waals surface area (Å²) < 4.78 is 0. The molecule has 0 aromatic heterocycles. The van der Waals surface area contributed by atoms with Crippen molar-refractivity contribution in [3.63, 3.8) is 0 Å². The van der Waals surface area contributed by atoms with Crippen LogP contribution in [0.25, 0.3) is 0 Å². The van der Waals surface area contributed by atoms with Crippen LogP contribution in [0.2, 0.25) is 0 Å². The van der Waals surface area contributed by atoms with Crippen LogP contribution >= 0.6 is 0 Å². The van der Waals surface area contributed by atoms with Gasteiger partial charge in [-0.1, -0.05) is 53.9 Å². The zero-order valence-electron chi connectivity index (χ0n) is 14.1. The van der Waals surface area contributed by atoms with E-state index in [4.69, 9.17) is 0 Å². The van der Waals surface area contributed by atoms with Crippen molar-refractivity contribution in [1.82, 2.24) is 10.2 Å². The van der Waals surface area contributed by atoms with Crippen LogP contribution in [0, 0.1) is 11.3 Å². The Balaban J connectivity index is 2.34. The summed E-state index contributed by atoms with van der Waals surface area (Å²) in [6, 6.07) is -0.428. The van der Waals surface area contributed by atoms with E-state index >= 15 is 0 Å². The first-order valence-electron chi connectivity index (χ1n) is 8.40. The fourth-order valence-electron chi connectivity index (χ4n) is 3.63. The molecule has 1 aliphatic carbocycles. The van der Waals surface area contributed by atoms with Crippen molar-refractivity contribution in [3.8, 4) is 0 Å². The smallest absolute Gasteiger partial charge is 0.246 e. The minimum atomic E-state index is -0.397. The van der Waals surface area contributed by atoms with Gasteiger partial charge in [-0.15, -0.1) is 0 Å². The van der Waals surface area contributed by atoms with Crippen molar-refractivity contribution >= 4 is 11.8 Å². The molecule has 0 spiro atoms. The average Bonchev–Trinajstić information content (AvgIpc) is 2.92. The molecule has 1 saturated carbocycles. The summed E-state index contributed by atoms with van der Waals surface area (Å²) in [6.45, 7) is 10.2. The Morgan fingerprint density at radius 1 is 1.24 bits per heavy atom. The zero-order chi connectivity index (χ0) is 15.8. The quantitative estimate of drug-likeness (QED) is 0.870. The lowest BCUT2D eigenvalue weighted by Gasteiger charge is -2.47. The Morgan fingerprint density at radius 3 is 2.29 bits per heavy atom. The van der Waals surface area contributed by atoms with Gasteiger partial charge in [-0.3, -0.25) is 9.59 Å². The first-order chi connectivity index (χ1) is 9.77. The SMILES string of the molecule is CCC(C)C1C(=O)NC(C(C)(C)C)C(=O)N1C1CCCC1. The van der Waals surface area contributed by atoms with Gasteiger partial charge in [0, 0.05) is 6.04 Å². The summed E-state index contributed by atoms with van der Waals surface area (Å²) in [5.74, 6) is 0.366. The maximum Gasteiger partial charge on any atom is 0.246 e. The largest absolute Gasteiger partial charge is 0.342 e. The highest BCUT2D eigenvalue weighted by Gasteiger charge is 2.49. The highest BCUT2D eigenvalue weighted by atomic mass is 16.2. The predicted octanol–water partition coefficient (Wildman–Crippen LogP) is 2.72. The third-order valence-electron chi connectivity index (χ3n) is 5.12. The van der Waals surface area contributed by atoms with Gasteiger partial charge in [0.25, 0.3) is 0 Å². The summed E-state index contributed by atoms with van der Waals surface area (Å²) in [7, 11) is 0. The van der Waals surface area contributed by atoms with Crippen molar-refractivity contribution in [2.24, 2.45) is 11.3 Å². The molecule has 0 aromatic rings. The second-order valence-electron chi connectivity index (χ2n) is 7.82. The van der Waals surface area contributed by atoms with Crippen LogP contribution < -0.4 is 5.32 Å². The third-order valence-corrected chi connectivity index (χ3v) is 5.12.